The molecule has 38 heavy (non-hydrogen) atoms. The van der Waals surface area contributed by atoms with Gasteiger partial charge in [0.15, 0.2) is 16.3 Å². The van der Waals surface area contributed by atoms with Crippen molar-refractivity contribution in [3.05, 3.63) is 88.3 Å². The summed E-state index contributed by atoms with van der Waals surface area (Å²) in [6.45, 7) is 2.17. The third kappa shape index (κ3) is 4.97. The average molecular weight is 554 g/mol. The van der Waals surface area contributed by atoms with Crippen molar-refractivity contribution in [1.82, 2.24) is 8.87 Å². The van der Waals surface area contributed by atoms with Crippen molar-refractivity contribution in [1.29, 1.82) is 0 Å². The van der Waals surface area contributed by atoms with Crippen LogP contribution in [0.2, 0.25) is 0 Å². The van der Waals surface area contributed by atoms with Gasteiger partial charge in [-0.2, -0.15) is 4.31 Å². The van der Waals surface area contributed by atoms with Crippen LogP contribution in [0, 0.1) is 5.82 Å². The Labute approximate surface area is 223 Å². The molecule has 196 valence electrons. The summed E-state index contributed by atoms with van der Waals surface area (Å²) in [5.74, 6) is 1.10. The number of rotatable bonds is 6. The van der Waals surface area contributed by atoms with Crippen molar-refractivity contribution in [3.63, 3.8) is 0 Å². The summed E-state index contributed by atoms with van der Waals surface area (Å²) in [4.78, 5) is 5.77. The van der Waals surface area contributed by atoms with Gasteiger partial charge in [-0.25, -0.2) is 17.8 Å². The van der Waals surface area contributed by atoms with Crippen LogP contribution in [-0.2, 0) is 21.3 Å². The van der Waals surface area contributed by atoms with Crippen LogP contribution in [0.15, 0.2) is 82.0 Å². The number of halogens is 1. The molecule has 0 N–H and O–H groups in total. The van der Waals surface area contributed by atoms with E-state index in [1.165, 1.54) is 27.8 Å². The van der Waals surface area contributed by atoms with Gasteiger partial charge in [0, 0.05) is 18.5 Å². The lowest BCUT2D eigenvalue weighted by Crippen LogP contribution is -2.40. The summed E-state index contributed by atoms with van der Waals surface area (Å²) in [7, 11) is -3.58. The lowest BCUT2D eigenvalue weighted by molar-refractivity contribution is 0.0730. The van der Waals surface area contributed by atoms with Crippen molar-refractivity contribution < 1.29 is 27.0 Å². The fraction of sp³-hybridized carbons (Fsp3) is 0.222. The standard InChI is InChI=1S/C27H24FN3O5S2/c28-21-4-2-20(3-5-21)24-17-37-27(31(24)16-19-1-10-25-26(15-19)36-18-35-25)29-22-6-8-23(9-7-22)38(32,33)30-11-13-34-14-12-30/h1-10,15,17H,11-14,16,18H2. The molecule has 2 aliphatic rings. The van der Waals surface area contributed by atoms with Crippen LogP contribution in [0.5, 0.6) is 11.5 Å². The summed E-state index contributed by atoms with van der Waals surface area (Å²) in [5.41, 5.74) is 3.36. The lowest BCUT2D eigenvalue weighted by atomic mass is 10.1. The number of ether oxygens (including phenoxy) is 3. The molecule has 3 aromatic carbocycles. The minimum Gasteiger partial charge on any atom is -0.454 e. The zero-order chi connectivity index (χ0) is 26.1. The third-order valence-corrected chi connectivity index (χ3v) is 9.16. The number of benzene rings is 3. The minimum atomic E-state index is -3.58. The minimum absolute atomic E-state index is 0.197. The maximum absolute atomic E-state index is 13.6. The van der Waals surface area contributed by atoms with Crippen molar-refractivity contribution >= 4 is 27.0 Å². The van der Waals surface area contributed by atoms with Gasteiger partial charge in [-0.1, -0.05) is 6.07 Å². The highest BCUT2D eigenvalue weighted by Crippen LogP contribution is 2.33. The highest BCUT2D eigenvalue weighted by Gasteiger charge is 2.26. The molecule has 2 aliphatic heterocycles. The molecule has 1 fully saturated rings. The predicted molar refractivity (Wildman–Crippen MR) is 141 cm³/mol. The number of thiazole rings is 1. The monoisotopic (exact) mass is 553 g/mol. The molecule has 0 bridgehead atoms. The smallest absolute Gasteiger partial charge is 0.243 e. The van der Waals surface area contributed by atoms with E-state index in [0.29, 0.717) is 54.8 Å². The van der Waals surface area contributed by atoms with Crippen molar-refractivity contribution in [2.24, 2.45) is 4.99 Å². The first kappa shape index (κ1) is 24.8. The van der Waals surface area contributed by atoms with Gasteiger partial charge >= 0.3 is 0 Å². The Morgan fingerprint density at radius 2 is 1.66 bits per heavy atom. The molecule has 0 saturated carbocycles. The maximum atomic E-state index is 13.6. The van der Waals surface area contributed by atoms with E-state index in [2.05, 4.69) is 0 Å². The zero-order valence-corrected chi connectivity index (χ0v) is 21.9. The normalized spacial score (nSPS) is 16.2. The Morgan fingerprint density at radius 3 is 2.42 bits per heavy atom. The summed E-state index contributed by atoms with van der Waals surface area (Å²) >= 11 is 1.45. The first-order valence-corrected chi connectivity index (χ1v) is 14.3. The van der Waals surface area contributed by atoms with Crippen LogP contribution >= 0.6 is 11.3 Å². The average Bonchev–Trinajstić information content (AvgIpc) is 3.57. The van der Waals surface area contributed by atoms with Crippen LogP contribution in [0.3, 0.4) is 0 Å². The molecule has 1 aromatic heterocycles. The molecule has 11 heteroatoms. The quantitative estimate of drug-likeness (QED) is 0.354. The highest BCUT2D eigenvalue weighted by atomic mass is 32.2. The highest BCUT2D eigenvalue weighted by molar-refractivity contribution is 7.89. The van der Waals surface area contributed by atoms with E-state index in [-0.39, 0.29) is 17.5 Å². The first-order valence-electron chi connectivity index (χ1n) is 12.0. The van der Waals surface area contributed by atoms with Crippen LogP contribution in [0.4, 0.5) is 10.1 Å². The lowest BCUT2D eigenvalue weighted by Gasteiger charge is -2.26. The van der Waals surface area contributed by atoms with Crippen LogP contribution < -0.4 is 14.3 Å². The molecule has 0 spiro atoms. The zero-order valence-electron chi connectivity index (χ0n) is 20.2. The number of hydrogen-bond acceptors (Lipinski definition) is 7. The van der Waals surface area contributed by atoms with E-state index in [1.807, 2.05) is 28.1 Å². The van der Waals surface area contributed by atoms with Gasteiger partial charge in [-0.15, -0.1) is 11.3 Å². The van der Waals surface area contributed by atoms with E-state index in [4.69, 9.17) is 19.2 Å². The molecular weight excluding hydrogens is 529 g/mol. The Kier molecular flexibility index (Phi) is 6.75. The summed E-state index contributed by atoms with van der Waals surface area (Å²) in [6.07, 6.45) is 0. The second kappa shape index (κ2) is 10.3. The number of sulfonamides is 1. The van der Waals surface area contributed by atoms with Crippen LogP contribution in [-0.4, -0.2) is 50.4 Å². The molecular formula is C27H24FN3O5S2. The molecule has 0 radical (unpaired) electrons. The fourth-order valence-corrected chi connectivity index (χ4v) is 6.72. The SMILES string of the molecule is O=S(=O)(c1ccc(N=c2scc(-c3ccc(F)cc3)n2Cc2ccc3c(c2)OCO3)cc1)N1CCOCC1. The van der Waals surface area contributed by atoms with Gasteiger partial charge in [-0.05, 0) is 71.8 Å². The predicted octanol–water partition coefficient (Wildman–Crippen LogP) is 4.39. The van der Waals surface area contributed by atoms with E-state index in [1.54, 1.807) is 36.4 Å². The van der Waals surface area contributed by atoms with Crippen molar-refractivity contribution in [3.8, 4) is 22.8 Å². The van der Waals surface area contributed by atoms with Gasteiger partial charge in [0.25, 0.3) is 0 Å². The molecule has 1 saturated heterocycles. The fourth-order valence-electron chi connectivity index (χ4n) is 4.38. The van der Waals surface area contributed by atoms with Gasteiger partial charge < -0.3 is 18.8 Å². The molecule has 0 aliphatic carbocycles. The first-order chi connectivity index (χ1) is 18.5. The molecule has 0 atom stereocenters. The van der Waals surface area contributed by atoms with Gasteiger partial charge in [-0.3, -0.25) is 0 Å². The van der Waals surface area contributed by atoms with E-state index >= 15 is 0 Å². The van der Waals surface area contributed by atoms with E-state index in [9.17, 15) is 12.8 Å². The summed E-state index contributed by atoms with van der Waals surface area (Å²) in [6, 6.07) is 18.7. The summed E-state index contributed by atoms with van der Waals surface area (Å²) < 4.78 is 59.3. The molecule has 3 heterocycles. The van der Waals surface area contributed by atoms with E-state index in [0.717, 1.165) is 16.8 Å². The van der Waals surface area contributed by atoms with Crippen LogP contribution in [0.1, 0.15) is 5.56 Å². The van der Waals surface area contributed by atoms with Crippen molar-refractivity contribution in [2.75, 3.05) is 33.1 Å². The Morgan fingerprint density at radius 1 is 0.921 bits per heavy atom. The third-order valence-electron chi connectivity index (χ3n) is 6.38. The molecule has 0 amide bonds. The largest absolute Gasteiger partial charge is 0.454 e. The molecule has 4 aromatic rings. The second-order valence-electron chi connectivity index (χ2n) is 8.81. The number of nitrogens with zero attached hydrogens (tertiary/aromatic N) is 3. The van der Waals surface area contributed by atoms with Crippen molar-refractivity contribution in [2.45, 2.75) is 11.4 Å². The van der Waals surface area contributed by atoms with E-state index < -0.39 is 10.0 Å². The van der Waals surface area contributed by atoms with Gasteiger partial charge in [0.05, 0.1) is 36.0 Å². The number of aromatic nitrogens is 1. The molecule has 8 nitrogen and oxygen atoms in total. The van der Waals surface area contributed by atoms with Gasteiger partial charge in [0.2, 0.25) is 16.8 Å². The van der Waals surface area contributed by atoms with Crippen LogP contribution in [0.25, 0.3) is 11.3 Å². The maximum Gasteiger partial charge on any atom is 0.243 e. The number of fused-ring (bicyclic) bond motifs is 1. The second-order valence-corrected chi connectivity index (χ2v) is 11.6. The molecule has 6 rings (SSSR count). The summed E-state index contributed by atoms with van der Waals surface area (Å²) in [5, 5.41) is 1.98. The Hall–Kier alpha value is -3.51. The number of hydrogen-bond donors (Lipinski definition) is 0. The number of morpholine rings is 1. The Balaban J connectivity index is 1.36. The molecule has 0 unspecified atom stereocenters. The van der Waals surface area contributed by atoms with Gasteiger partial charge in [0.1, 0.15) is 5.82 Å². The Bertz CT molecular complexity index is 1620. The topological polar surface area (TPSA) is 82.4 Å².